The summed E-state index contributed by atoms with van der Waals surface area (Å²) in [6, 6.07) is 4.63. The SMILES string of the molecule is CCS(=O)(=O)c1ccc(Cl)cc1Cn1c(=O)[nH]c2c(Cl)c(CN3CCC(CNC)C3)c(C(F)(F)F)cc2c1=O. The number of aromatic nitrogens is 2. The van der Waals surface area contributed by atoms with Crippen LogP contribution in [0, 0.1) is 5.92 Å². The molecule has 212 valence electrons. The monoisotopic (exact) mass is 606 g/mol. The Kier molecular flexibility index (Phi) is 8.53. The van der Waals surface area contributed by atoms with Gasteiger partial charge in [0.2, 0.25) is 0 Å². The van der Waals surface area contributed by atoms with E-state index in [9.17, 15) is 31.2 Å². The molecule has 1 aliphatic rings. The topological polar surface area (TPSA) is 104 Å². The first kappa shape index (κ1) is 29.6. The quantitative estimate of drug-likeness (QED) is 0.403. The first-order valence-corrected chi connectivity index (χ1v) is 14.6. The lowest BCUT2D eigenvalue weighted by Gasteiger charge is -2.22. The molecule has 1 unspecified atom stereocenters. The Hall–Kier alpha value is -2.38. The largest absolute Gasteiger partial charge is 0.416 e. The predicted octanol–water partition coefficient (Wildman–Crippen LogP) is 3.90. The molecule has 0 radical (unpaired) electrons. The van der Waals surface area contributed by atoms with Gasteiger partial charge in [0.15, 0.2) is 9.84 Å². The summed E-state index contributed by atoms with van der Waals surface area (Å²) >= 11 is 12.5. The molecule has 39 heavy (non-hydrogen) atoms. The second kappa shape index (κ2) is 11.2. The summed E-state index contributed by atoms with van der Waals surface area (Å²) in [5.74, 6) is 0.0356. The predicted molar refractivity (Wildman–Crippen MR) is 144 cm³/mol. The minimum absolute atomic E-state index is 0.0558. The first-order chi connectivity index (χ1) is 18.3. The number of hydrogen-bond donors (Lipinski definition) is 2. The summed E-state index contributed by atoms with van der Waals surface area (Å²) in [7, 11) is -1.95. The molecule has 2 heterocycles. The molecule has 0 aliphatic carbocycles. The van der Waals surface area contributed by atoms with E-state index >= 15 is 0 Å². The van der Waals surface area contributed by atoms with E-state index in [1.54, 1.807) is 0 Å². The van der Waals surface area contributed by atoms with Crippen LogP contribution >= 0.6 is 23.2 Å². The van der Waals surface area contributed by atoms with Crippen molar-refractivity contribution in [2.24, 2.45) is 5.92 Å². The zero-order chi connectivity index (χ0) is 28.7. The Morgan fingerprint density at radius 1 is 1.15 bits per heavy atom. The second-order valence-electron chi connectivity index (χ2n) is 9.56. The average Bonchev–Trinajstić information content (AvgIpc) is 3.30. The van der Waals surface area contributed by atoms with Gasteiger partial charge in [0.05, 0.1) is 38.7 Å². The van der Waals surface area contributed by atoms with E-state index in [1.165, 1.54) is 25.1 Å². The zero-order valence-electron chi connectivity index (χ0n) is 21.2. The maximum absolute atomic E-state index is 14.2. The Morgan fingerprint density at radius 3 is 2.51 bits per heavy atom. The van der Waals surface area contributed by atoms with Gasteiger partial charge in [-0.1, -0.05) is 30.1 Å². The lowest BCUT2D eigenvalue weighted by molar-refractivity contribution is -0.138. The highest BCUT2D eigenvalue weighted by atomic mass is 35.5. The molecular formula is C25H27Cl2F3N4O4S. The summed E-state index contributed by atoms with van der Waals surface area (Å²) in [4.78, 5) is 30.6. The van der Waals surface area contributed by atoms with E-state index in [1.807, 2.05) is 11.9 Å². The van der Waals surface area contributed by atoms with Gasteiger partial charge in [-0.05, 0) is 67.9 Å². The number of fused-ring (bicyclic) bond motifs is 1. The maximum Gasteiger partial charge on any atom is 0.416 e. The number of nitrogens with zero attached hydrogens (tertiary/aromatic N) is 2. The molecule has 0 bridgehead atoms. The molecule has 1 aliphatic heterocycles. The Labute approximate surface area is 232 Å². The average molecular weight is 607 g/mol. The molecule has 2 aromatic carbocycles. The molecule has 1 aromatic heterocycles. The van der Waals surface area contributed by atoms with Crippen LogP contribution < -0.4 is 16.6 Å². The summed E-state index contributed by atoms with van der Waals surface area (Å²) < 4.78 is 68.4. The highest BCUT2D eigenvalue weighted by Crippen LogP contribution is 2.39. The van der Waals surface area contributed by atoms with Gasteiger partial charge in [0.25, 0.3) is 5.56 Å². The lowest BCUT2D eigenvalue weighted by Crippen LogP contribution is -2.36. The fraction of sp³-hybridized carbons (Fsp3) is 0.440. The van der Waals surface area contributed by atoms with Crippen LogP contribution in [-0.4, -0.2) is 55.3 Å². The Bertz CT molecular complexity index is 1640. The third-order valence-corrected chi connectivity index (χ3v) is 9.42. The Morgan fingerprint density at radius 2 is 1.87 bits per heavy atom. The van der Waals surface area contributed by atoms with Crippen LogP contribution in [0.5, 0.6) is 0 Å². The van der Waals surface area contributed by atoms with Gasteiger partial charge in [-0.3, -0.25) is 14.3 Å². The molecule has 14 heteroatoms. The minimum Gasteiger partial charge on any atom is -0.319 e. The zero-order valence-corrected chi connectivity index (χ0v) is 23.5. The van der Waals surface area contributed by atoms with Crippen LogP contribution in [0.3, 0.4) is 0 Å². The molecule has 3 aromatic rings. The molecule has 2 N–H and O–H groups in total. The summed E-state index contributed by atoms with van der Waals surface area (Å²) in [6.45, 7) is 2.70. The van der Waals surface area contributed by atoms with Gasteiger partial charge in [0.1, 0.15) is 0 Å². The van der Waals surface area contributed by atoms with Crippen molar-refractivity contribution in [1.82, 2.24) is 19.8 Å². The van der Waals surface area contributed by atoms with E-state index < -0.39 is 44.8 Å². The van der Waals surface area contributed by atoms with Crippen molar-refractivity contribution in [3.05, 3.63) is 71.8 Å². The fourth-order valence-corrected chi connectivity index (χ4v) is 6.60. The van der Waals surface area contributed by atoms with Crippen LogP contribution in [0.2, 0.25) is 10.0 Å². The molecule has 1 fully saturated rings. The summed E-state index contributed by atoms with van der Waals surface area (Å²) in [5.41, 5.74) is -3.42. The molecule has 1 atom stereocenters. The summed E-state index contributed by atoms with van der Waals surface area (Å²) in [6.07, 6.45) is -4.01. The van der Waals surface area contributed by atoms with Crippen molar-refractivity contribution < 1.29 is 21.6 Å². The number of benzene rings is 2. The number of likely N-dealkylation sites (tertiary alicyclic amines) is 1. The molecule has 0 saturated carbocycles. The molecule has 4 rings (SSSR count). The smallest absolute Gasteiger partial charge is 0.319 e. The standard InChI is InChI=1S/C25H27Cl2F3N4O4S/c1-3-39(37,38)20-5-4-16(26)8-15(20)12-34-23(35)17-9-19(25(28,29)30)18(21(27)22(17)32-24(34)36)13-33-7-6-14(11-33)10-31-2/h4-5,8-9,14,31H,3,6-7,10-13H2,1-2H3,(H,32,36). The van der Waals surface area contributed by atoms with Gasteiger partial charge >= 0.3 is 11.9 Å². The van der Waals surface area contributed by atoms with Crippen LogP contribution in [0.25, 0.3) is 10.9 Å². The molecule has 8 nitrogen and oxygen atoms in total. The van der Waals surface area contributed by atoms with E-state index in [-0.39, 0.29) is 49.8 Å². The van der Waals surface area contributed by atoms with Gasteiger partial charge in [0, 0.05) is 18.1 Å². The normalized spacial score (nSPS) is 16.8. The van der Waals surface area contributed by atoms with Crippen LogP contribution in [0.15, 0.2) is 38.8 Å². The third-order valence-electron chi connectivity index (χ3n) is 6.94. The number of hydrogen-bond acceptors (Lipinski definition) is 6. The van der Waals surface area contributed by atoms with Crippen molar-refractivity contribution >= 4 is 43.9 Å². The van der Waals surface area contributed by atoms with E-state index in [0.717, 1.165) is 13.0 Å². The van der Waals surface area contributed by atoms with E-state index in [4.69, 9.17) is 23.2 Å². The van der Waals surface area contributed by atoms with Gasteiger partial charge in [-0.2, -0.15) is 13.2 Å². The van der Waals surface area contributed by atoms with Crippen LogP contribution in [0.4, 0.5) is 13.2 Å². The van der Waals surface area contributed by atoms with Crippen molar-refractivity contribution in [3.8, 4) is 0 Å². The fourth-order valence-electron chi connectivity index (χ4n) is 4.98. The Balaban J connectivity index is 1.85. The van der Waals surface area contributed by atoms with Crippen molar-refractivity contribution in [2.45, 2.75) is 37.5 Å². The van der Waals surface area contributed by atoms with Crippen LogP contribution in [-0.2, 0) is 29.1 Å². The van der Waals surface area contributed by atoms with E-state index in [2.05, 4.69) is 10.3 Å². The number of H-pyrrole nitrogens is 1. The van der Waals surface area contributed by atoms with Crippen molar-refractivity contribution in [3.63, 3.8) is 0 Å². The number of aromatic amines is 1. The first-order valence-electron chi connectivity index (χ1n) is 12.2. The molecule has 1 saturated heterocycles. The highest BCUT2D eigenvalue weighted by molar-refractivity contribution is 7.91. The second-order valence-corrected chi connectivity index (χ2v) is 12.6. The van der Waals surface area contributed by atoms with Gasteiger partial charge in [-0.25, -0.2) is 13.2 Å². The number of sulfone groups is 1. The maximum atomic E-state index is 14.2. The summed E-state index contributed by atoms with van der Waals surface area (Å²) in [5, 5.41) is 2.44. The van der Waals surface area contributed by atoms with Crippen molar-refractivity contribution in [1.29, 1.82) is 0 Å². The van der Waals surface area contributed by atoms with Crippen LogP contribution in [0.1, 0.15) is 30.0 Å². The third kappa shape index (κ3) is 6.04. The van der Waals surface area contributed by atoms with Gasteiger partial charge < -0.3 is 10.3 Å². The highest BCUT2D eigenvalue weighted by Gasteiger charge is 2.37. The molecule has 0 spiro atoms. The number of alkyl halides is 3. The number of halogens is 5. The lowest BCUT2D eigenvalue weighted by atomic mass is 10.0. The molecular weight excluding hydrogens is 580 g/mol. The molecule has 0 amide bonds. The number of nitrogens with one attached hydrogen (secondary N) is 2. The minimum atomic E-state index is -4.82. The van der Waals surface area contributed by atoms with Gasteiger partial charge in [-0.15, -0.1) is 0 Å². The van der Waals surface area contributed by atoms with Crippen molar-refractivity contribution in [2.75, 3.05) is 32.4 Å². The van der Waals surface area contributed by atoms with E-state index in [0.29, 0.717) is 23.7 Å². The number of rotatable bonds is 8.